The average Bonchev–Trinajstić information content (AvgIpc) is 2.91. The quantitative estimate of drug-likeness (QED) is 0.273. The van der Waals surface area contributed by atoms with Gasteiger partial charge in [-0.2, -0.15) is 0 Å². The van der Waals surface area contributed by atoms with Crippen molar-refractivity contribution in [1.29, 1.82) is 0 Å². The lowest BCUT2D eigenvalue weighted by Gasteiger charge is -2.33. The van der Waals surface area contributed by atoms with Crippen LogP contribution in [0.3, 0.4) is 0 Å². The maximum Gasteiger partial charge on any atom is 0.244 e. The van der Waals surface area contributed by atoms with Gasteiger partial charge in [-0.05, 0) is 41.8 Å². The van der Waals surface area contributed by atoms with Gasteiger partial charge in [-0.15, -0.1) is 0 Å². The minimum atomic E-state index is -3.89. The fraction of sp³-hybridized carbons (Fsp3) is 0.310. The van der Waals surface area contributed by atoms with E-state index in [1.807, 2.05) is 37.3 Å². The molecule has 2 amide bonds. The van der Waals surface area contributed by atoms with E-state index in [-0.39, 0.29) is 29.6 Å². The summed E-state index contributed by atoms with van der Waals surface area (Å²) in [6, 6.07) is 21.9. The van der Waals surface area contributed by atoms with E-state index in [0.29, 0.717) is 11.6 Å². The average molecular weight is 591 g/mol. The molecule has 0 saturated heterocycles. The molecule has 0 aliphatic heterocycles. The number of nitrogens with one attached hydrogen (secondary N) is 1. The highest BCUT2D eigenvalue weighted by Crippen LogP contribution is 2.28. The maximum absolute atomic E-state index is 14.0. The van der Waals surface area contributed by atoms with E-state index >= 15 is 0 Å². The lowest BCUT2D eigenvalue weighted by molar-refractivity contribution is -0.140. The molecular weight excluding hydrogens is 557 g/mol. The van der Waals surface area contributed by atoms with E-state index in [1.165, 1.54) is 4.90 Å². The van der Waals surface area contributed by atoms with Gasteiger partial charge in [0.25, 0.3) is 0 Å². The molecule has 0 radical (unpaired) electrons. The van der Waals surface area contributed by atoms with Crippen LogP contribution in [0.15, 0.2) is 78.9 Å². The van der Waals surface area contributed by atoms with Crippen molar-refractivity contribution in [2.45, 2.75) is 38.8 Å². The van der Waals surface area contributed by atoms with E-state index < -0.39 is 28.5 Å². The number of sulfonamides is 1. The Balaban J connectivity index is 2.03. The fourth-order valence-electron chi connectivity index (χ4n) is 4.10. The van der Waals surface area contributed by atoms with Crippen molar-refractivity contribution in [3.8, 4) is 0 Å². The molecule has 1 atom stereocenters. The Kier molecular flexibility index (Phi) is 11.2. The monoisotopic (exact) mass is 589 g/mol. The number of unbranched alkanes of at least 4 members (excludes halogenated alkanes) is 1. The van der Waals surface area contributed by atoms with E-state index in [9.17, 15) is 18.0 Å². The lowest BCUT2D eigenvalue weighted by atomic mass is 10.0. The van der Waals surface area contributed by atoms with Crippen molar-refractivity contribution in [2.75, 3.05) is 23.7 Å². The molecule has 0 fully saturated rings. The summed E-state index contributed by atoms with van der Waals surface area (Å²) in [5.74, 6) is -0.847. The highest BCUT2D eigenvalue weighted by molar-refractivity contribution is 7.92. The van der Waals surface area contributed by atoms with Crippen LogP contribution < -0.4 is 9.62 Å². The number of carbonyl (C=O) groups excluding carboxylic acids is 2. The first-order chi connectivity index (χ1) is 18.6. The highest BCUT2D eigenvalue weighted by atomic mass is 35.5. The van der Waals surface area contributed by atoms with Crippen LogP contribution in [0.2, 0.25) is 10.0 Å². The van der Waals surface area contributed by atoms with Crippen LogP contribution in [0.1, 0.15) is 30.9 Å². The van der Waals surface area contributed by atoms with Crippen LogP contribution in [-0.4, -0.2) is 50.5 Å². The van der Waals surface area contributed by atoms with Crippen LogP contribution in [0.4, 0.5) is 5.69 Å². The fourth-order valence-corrected chi connectivity index (χ4v) is 5.37. The zero-order valence-electron chi connectivity index (χ0n) is 22.0. The van der Waals surface area contributed by atoms with Crippen LogP contribution >= 0.6 is 23.2 Å². The third-order valence-electron chi connectivity index (χ3n) is 6.17. The number of nitrogens with zero attached hydrogens (tertiary/aromatic N) is 2. The third kappa shape index (κ3) is 8.98. The smallest absolute Gasteiger partial charge is 0.244 e. The topological polar surface area (TPSA) is 86.8 Å². The van der Waals surface area contributed by atoms with E-state index in [4.69, 9.17) is 23.2 Å². The van der Waals surface area contributed by atoms with Gasteiger partial charge in [-0.3, -0.25) is 13.9 Å². The van der Waals surface area contributed by atoms with Crippen LogP contribution in [0.25, 0.3) is 0 Å². The number of halogens is 2. The second kappa shape index (κ2) is 14.4. The number of amides is 2. The molecule has 3 aromatic carbocycles. The molecule has 1 N–H and O–H groups in total. The summed E-state index contributed by atoms with van der Waals surface area (Å²) >= 11 is 12.4. The summed E-state index contributed by atoms with van der Waals surface area (Å²) in [4.78, 5) is 29.0. The normalized spacial score (nSPS) is 12.0. The van der Waals surface area contributed by atoms with Crippen LogP contribution in [0.5, 0.6) is 0 Å². The van der Waals surface area contributed by atoms with Gasteiger partial charge in [-0.1, -0.05) is 91.1 Å². The first kappa shape index (κ1) is 30.5. The van der Waals surface area contributed by atoms with E-state index in [0.717, 1.165) is 34.5 Å². The summed E-state index contributed by atoms with van der Waals surface area (Å²) < 4.78 is 26.6. The molecule has 0 aliphatic carbocycles. The molecule has 10 heteroatoms. The van der Waals surface area contributed by atoms with Crippen molar-refractivity contribution in [2.24, 2.45) is 0 Å². The first-order valence-corrected chi connectivity index (χ1v) is 15.3. The van der Waals surface area contributed by atoms with Gasteiger partial charge in [0.05, 0.1) is 17.0 Å². The third-order valence-corrected chi connectivity index (χ3v) is 7.87. The van der Waals surface area contributed by atoms with Gasteiger partial charge in [-0.25, -0.2) is 8.42 Å². The molecule has 0 spiro atoms. The molecule has 0 unspecified atom stereocenters. The summed E-state index contributed by atoms with van der Waals surface area (Å²) in [6.45, 7) is 2.05. The zero-order valence-corrected chi connectivity index (χ0v) is 24.3. The molecule has 208 valence electrons. The number of hydrogen-bond acceptors (Lipinski definition) is 4. The van der Waals surface area contributed by atoms with Gasteiger partial charge in [0.15, 0.2) is 0 Å². The summed E-state index contributed by atoms with van der Waals surface area (Å²) in [5, 5.41) is 3.68. The maximum atomic E-state index is 14.0. The molecule has 7 nitrogen and oxygen atoms in total. The van der Waals surface area contributed by atoms with Crippen LogP contribution in [0, 0.1) is 0 Å². The minimum Gasteiger partial charge on any atom is -0.354 e. The number of rotatable bonds is 13. The number of carbonyl (C=O) groups is 2. The Morgan fingerprint density at radius 2 is 1.54 bits per heavy atom. The first-order valence-electron chi connectivity index (χ1n) is 12.7. The Bertz CT molecular complexity index is 1350. The van der Waals surface area contributed by atoms with Gasteiger partial charge >= 0.3 is 0 Å². The van der Waals surface area contributed by atoms with Crippen molar-refractivity contribution in [3.63, 3.8) is 0 Å². The summed E-state index contributed by atoms with van der Waals surface area (Å²) in [5.41, 5.74) is 1.80. The molecule has 39 heavy (non-hydrogen) atoms. The van der Waals surface area contributed by atoms with E-state index in [2.05, 4.69) is 5.32 Å². The molecule has 0 aliphatic rings. The second-order valence-corrected chi connectivity index (χ2v) is 12.0. The molecule has 0 heterocycles. The SMILES string of the molecule is CCCCNC(=O)[C@H](Cc1ccccc1)N(Cc1ccc(Cl)cc1)C(=O)CN(c1ccccc1Cl)S(C)(=O)=O. The molecule has 3 rings (SSSR count). The Hall–Kier alpha value is -3.07. The van der Waals surface area contributed by atoms with Crippen molar-refractivity contribution >= 4 is 50.7 Å². The van der Waals surface area contributed by atoms with Crippen molar-refractivity contribution in [3.05, 3.63) is 100 Å². The number of anilines is 1. The predicted molar refractivity (Wildman–Crippen MR) is 157 cm³/mol. The van der Waals surface area contributed by atoms with Crippen molar-refractivity contribution in [1.82, 2.24) is 10.2 Å². The molecule has 0 aromatic heterocycles. The van der Waals surface area contributed by atoms with Gasteiger partial charge < -0.3 is 10.2 Å². The Labute approximate surface area is 240 Å². The molecule has 0 bridgehead atoms. The predicted octanol–water partition coefficient (Wildman–Crippen LogP) is 5.32. The summed E-state index contributed by atoms with van der Waals surface area (Å²) in [7, 11) is -3.89. The molecule has 0 saturated carbocycles. The number of benzene rings is 3. The van der Waals surface area contributed by atoms with Gasteiger partial charge in [0.1, 0.15) is 12.6 Å². The van der Waals surface area contributed by atoms with Crippen LogP contribution in [-0.2, 0) is 32.6 Å². The standard InChI is InChI=1S/C29H33Cl2N3O4S/c1-3-4-18-32-29(36)27(19-22-10-6-5-7-11-22)33(20-23-14-16-24(30)17-15-23)28(35)21-34(39(2,37)38)26-13-9-8-12-25(26)31/h5-17,27H,3-4,18-21H2,1-2H3,(H,32,36)/t27-/m0/s1. The number of hydrogen-bond donors (Lipinski definition) is 1. The Morgan fingerprint density at radius 1 is 0.897 bits per heavy atom. The van der Waals surface area contributed by atoms with Gasteiger partial charge in [0.2, 0.25) is 21.8 Å². The summed E-state index contributed by atoms with van der Waals surface area (Å²) in [6.07, 6.45) is 2.97. The lowest BCUT2D eigenvalue weighted by Crippen LogP contribution is -2.53. The molecular formula is C29H33Cl2N3O4S. The Morgan fingerprint density at radius 3 is 2.15 bits per heavy atom. The zero-order chi connectivity index (χ0) is 28.4. The van der Waals surface area contributed by atoms with E-state index in [1.54, 1.807) is 48.5 Å². The molecule has 3 aromatic rings. The number of para-hydroxylation sites is 1. The van der Waals surface area contributed by atoms with Gasteiger partial charge in [0, 0.05) is 24.5 Å². The highest BCUT2D eigenvalue weighted by Gasteiger charge is 2.33. The van der Waals surface area contributed by atoms with Crippen molar-refractivity contribution < 1.29 is 18.0 Å². The largest absolute Gasteiger partial charge is 0.354 e. The second-order valence-electron chi connectivity index (χ2n) is 9.22. The minimum absolute atomic E-state index is 0.0782.